The van der Waals surface area contributed by atoms with Crippen molar-refractivity contribution in [2.75, 3.05) is 40.0 Å². The van der Waals surface area contributed by atoms with Crippen LogP contribution in [0.2, 0.25) is 0 Å². The van der Waals surface area contributed by atoms with Crippen LogP contribution in [0.3, 0.4) is 0 Å². The summed E-state index contributed by atoms with van der Waals surface area (Å²) in [6.45, 7) is 8.02. The Labute approximate surface area is 349 Å². The van der Waals surface area contributed by atoms with Crippen LogP contribution in [0.15, 0.2) is 121 Å². The molecule has 2 N–H and O–H groups in total. The summed E-state index contributed by atoms with van der Waals surface area (Å²) >= 11 is 0. The van der Waals surface area contributed by atoms with Crippen LogP contribution in [-0.4, -0.2) is 91.2 Å². The van der Waals surface area contributed by atoms with Crippen LogP contribution in [0.4, 0.5) is 0 Å². The molecule has 60 heavy (non-hydrogen) atoms. The number of carbonyl (C=O) groups is 4. The number of carboxylic acids is 2. The zero-order chi connectivity index (χ0) is 42.6. The first-order valence-electron chi connectivity index (χ1n) is 19.8. The number of esters is 2. The van der Waals surface area contributed by atoms with E-state index in [0.717, 1.165) is 30.4 Å². The van der Waals surface area contributed by atoms with E-state index in [0.29, 0.717) is 17.7 Å². The molecule has 0 saturated carbocycles. The molecule has 4 atom stereocenters. The maximum atomic E-state index is 12.3. The number of likely N-dealkylation sites (tertiary alicyclic amines) is 1. The van der Waals surface area contributed by atoms with Gasteiger partial charge in [0.25, 0.3) is 0 Å². The van der Waals surface area contributed by atoms with Crippen molar-refractivity contribution in [2.24, 2.45) is 0 Å². The van der Waals surface area contributed by atoms with Crippen molar-refractivity contribution in [3.8, 4) is 17.2 Å². The molecule has 1 fully saturated rings. The standard InChI is InChI=1S/C28H31NO3.C20H18O8/c1-30-24-13-14-25-27(19-24)32-20-26(21-7-3-2-4-8-21)28(25)22-9-11-23(12-10-22)31-18-17-29-15-5-6-16-29;1-11-7-3-5-9-13(11)19(25)27-15(17(21)22)16(18(23)24)28-20(26)14-10-6-4-8-12(14)2/h2-4,7-14,19,26,28H,5-6,15-18,20H2,1H3;3-10,15-16H,1-2H3,(H,21,22)(H,23,24)/t26-,28-;/m0./s1. The minimum absolute atomic E-state index is 0.0723. The third-order valence-corrected chi connectivity index (χ3v) is 10.7. The lowest BCUT2D eigenvalue weighted by molar-refractivity contribution is -0.166. The zero-order valence-electron chi connectivity index (χ0n) is 33.8. The quantitative estimate of drug-likeness (QED) is 0.105. The average molecular weight is 816 g/mol. The molecule has 0 radical (unpaired) electrons. The Bertz CT molecular complexity index is 2180. The van der Waals surface area contributed by atoms with E-state index in [2.05, 4.69) is 65.6 Å². The maximum absolute atomic E-state index is 12.3. The van der Waals surface area contributed by atoms with Gasteiger partial charge in [-0.1, -0.05) is 84.9 Å². The number of carbonyl (C=O) groups excluding carboxylic acids is 2. The summed E-state index contributed by atoms with van der Waals surface area (Å²) in [5.74, 6) is -2.46. The smallest absolute Gasteiger partial charge is 0.349 e. The van der Waals surface area contributed by atoms with E-state index in [1.54, 1.807) is 57.4 Å². The van der Waals surface area contributed by atoms with E-state index in [-0.39, 0.29) is 23.0 Å². The third-order valence-electron chi connectivity index (χ3n) is 10.7. The molecule has 5 aromatic rings. The Kier molecular flexibility index (Phi) is 14.6. The van der Waals surface area contributed by atoms with Crippen LogP contribution in [0.1, 0.15) is 73.2 Å². The molecule has 7 rings (SSSR count). The van der Waals surface area contributed by atoms with Crippen molar-refractivity contribution in [3.63, 3.8) is 0 Å². The van der Waals surface area contributed by atoms with E-state index in [1.165, 1.54) is 54.8 Å². The molecule has 312 valence electrons. The second-order valence-corrected chi connectivity index (χ2v) is 14.6. The van der Waals surface area contributed by atoms with Gasteiger partial charge < -0.3 is 33.9 Å². The lowest BCUT2D eigenvalue weighted by Crippen LogP contribution is -2.46. The molecule has 1 saturated heterocycles. The van der Waals surface area contributed by atoms with Crippen molar-refractivity contribution in [2.45, 2.75) is 50.7 Å². The van der Waals surface area contributed by atoms with Gasteiger partial charge in [-0.3, -0.25) is 4.90 Å². The molecule has 0 bridgehead atoms. The molecule has 12 heteroatoms. The number of rotatable bonds is 14. The van der Waals surface area contributed by atoms with Crippen LogP contribution >= 0.6 is 0 Å². The molecule has 0 amide bonds. The summed E-state index contributed by atoms with van der Waals surface area (Å²) in [7, 11) is 1.69. The largest absolute Gasteiger partial charge is 0.497 e. The van der Waals surface area contributed by atoms with Crippen LogP contribution in [0.5, 0.6) is 17.2 Å². The molecule has 2 heterocycles. The Morgan fingerprint density at radius 2 is 1.22 bits per heavy atom. The summed E-state index contributed by atoms with van der Waals surface area (Å²) in [6, 6.07) is 38.0. The number of ether oxygens (including phenoxy) is 5. The molecule has 2 unspecified atom stereocenters. The molecule has 0 aliphatic carbocycles. The fourth-order valence-corrected chi connectivity index (χ4v) is 7.43. The molecule has 5 aromatic carbocycles. The fraction of sp³-hybridized carbons (Fsp3) is 0.292. The molecular weight excluding hydrogens is 767 g/mol. The fourth-order valence-electron chi connectivity index (χ4n) is 7.43. The second-order valence-electron chi connectivity index (χ2n) is 14.6. The highest BCUT2D eigenvalue weighted by atomic mass is 16.6. The topological polar surface area (TPSA) is 158 Å². The lowest BCUT2D eigenvalue weighted by atomic mass is 9.76. The Hall–Kier alpha value is -6.66. The van der Waals surface area contributed by atoms with E-state index >= 15 is 0 Å². The first-order chi connectivity index (χ1) is 29.0. The van der Waals surface area contributed by atoms with Crippen molar-refractivity contribution in [1.29, 1.82) is 0 Å². The summed E-state index contributed by atoms with van der Waals surface area (Å²) in [4.78, 5) is 50.2. The molecule has 2 aliphatic heterocycles. The van der Waals surface area contributed by atoms with Crippen LogP contribution in [0.25, 0.3) is 0 Å². The predicted octanol–water partition coefficient (Wildman–Crippen LogP) is 7.70. The minimum Gasteiger partial charge on any atom is -0.497 e. The third kappa shape index (κ3) is 10.7. The highest BCUT2D eigenvalue weighted by Gasteiger charge is 2.41. The number of benzene rings is 5. The first kappa shape index (κ1) is 42.9. The first-order valence-corrected chi connectivity index (χ1v) is 19.8. The Morgan fingerprint density at radius 1 is 0.683 bits per heavy atom. The van der Waals surface area contributed by atoms with Gasteiger partial charge in [-0.15, -0.1) is 0 Å². The molecular formula is C48H49NO11. The van der Waals surface area contributed by atoms with E-state index in [1.807, 2.05) is 12.1 Å². The SMILES string of the molecule is COc1ccc2c(c1)OC[C@@H](c1ccccc1)[C@H]2c1ccc(OCCN2CCCC2)cc1.Cc1ccccc1C(=O)OC(C(=O)O)C(OC(=O)c1ccccc1C)C(=O)O. The highest BCUT2D eigenvalue weighted by Crippen LogP contribution is 2.47. The van der Waals surface area contributed by atoms with Gasteiger partial charge in [0.1, 0.15) is 23.9 Å². The molecule has 0 aromatic heterocycles. The number of carboxylic acid groups (broad SMARTS) is 2. The number of hydrogen-bond donors (Lipinski definition) is 2. The Balaban J connectivity index is 0.000000204. The van der Waals surface area contributed by atoms with Gasteiger partial charge in [-0.25, -0.2) is 19.2 Å². The van der Waals surface area contributed by atoms with Crippen molar-refractivity contribution < 1.29 is 53.1 Å². The van der Waals surface area contributed by atoms with Gasteiger partial charge in [0.15, 0.2) is 0 Å². The van der Waals surface area contributed by atoms with Gasteiger partial charge in [0.05, 0.1) is 24.8 Å². The number of aliphatic carboxylic acids is 2. The molecule has 0 spiro atoms. The summed E-state index contributed by atoms with van der Waals surface area (Å²) < 4.78 is 27.4. The van der Waals surface area contributed by atoms with E-state index < -0.39 is 36.1 Å². The number of fused-ring (bicyclic) bond motifs is 1. The Morgan fingerprint density at radius 3 is 1.75 bits per heavy atom. The minimum atomic E-state index is -2.22. The normalized spacial score (nSPS) is 16.7. The zero-order valence-corrected chi connectivity index (χ0v) is 33.8. The van der Waals surface area contributed by atoms with Crippen molar-refractivity contribution >= 4 is 23.9 Å². The summed E-state index contributed by atoms with van der Waals surface area (Å²) in [5.41, 5.74) is 4.95. The van der Waals surface area contributed by atoms with Gasteiger partial charge in [-0.05, 0) is 92.4 Å². The van der Waals surface area contributed by atoms with Gasteiger partial charge in [0.2, 0.25) is 12.2 Å². The average Bonchev–Trinajstić information content (AvgIpc) is 3.79. The van der Waals surface area contributed by atoms with Crippen LogP contribution < -0.4 is 14.2 Å². The van der Waals surface area contributed by atoms with E-state index in [4.69, 9.17) is 23.7 Å². The van der Waals surface area contributed by atoms with Gasteiger partial charge >= 0.3 is 23.9 Å². The van der Waals surface area contributed by atoms with Crippen LogP contribution in [0, 0.1) is 13.8 Å². The number of aryl methyl sites for hydroxylation is 2. The van der Waals surface area contributed by atoms with E-state index in [9.17, 15) is 29.4 Å². The monoisotopic (exact) mass is 815 g/mol. The number of hydrogen-bond acceptors (Lipinski definition) is 10. The van der Waals surface area contributed by atoms with Gasteiger partial charge in [0, 0.05) is 30.0 Å². The lowest BCUT2D eigenvalue weighted by Gasteiger charge is -2.34. The van der Waals surface area contributed by atoms with Crippen molar-refractivity contribution in [1.82, 2.24) is 4.90 Å². The predicted molar refractivity (Wildman–Crippen MR) is 223 cm³/mol. The maximum Gasteiger partial charge on any atom is 0.349 e. The summed E-state index contributed by atoms with van der Waals surface area (Å²) in [6.07, 6.45) is -1.82. The second kappa shape index (κ2) is 20.3. The van der Waals surface area contributed by atoms with Gasteiger partial charge in [-0.2, -0.15) is 0 Å². The number of methoxy groups -OCH3 is 1. The number of nitrogens with zero attached hydrogens (tertiary/aromatic N) is 1. The molecule has 12 nitrogen and oxygen atoms in total. The van der Waals surface area contributed by atoms with Crippen LogP contribution in [-0.2, 0) is 19.1 Å². The highest BCUT2D eigenvalue weighted by molar-refractivity contribution is 5.96. The molecule has 2 aliphatic rings. The van der Waals surface area contributed by atoms with Crippen molar-refractivity contribution in [3.05, 3.63) is 160 Å². The summed E-state index contributed by atoms with van der Waals surface area (Å²) in [5, 5.41) is 18.7.